The number of amides is 1. The zero-order chi connectivity index (χ0) is 16.4. The van der Waals surface area contributed by atoms with Crippen molar-refractivity contribution in [3.05, 3.63) is 52.8 Å². The summed E-state index contributed by atoms with van der Waals surface area (Å²) in [6.45, 7) is 2.02. The van der Waals surface area contributed by atoms with Gasteiger partial charge < -0.3 is 9.32 Å². The van der Waals surface area contributed by atoms with Crippen molar-refractivity contribution in [1.82, 2.24) is 19.5 Å². The molecule has 6 nitrogen and oxygen atoms in total. The summed E-state index contributed by atoms with van der Waals surface area (Å²) in [6.07, 6.45) is 6.71. The number of aryl methyl sites for hydroxylation is 1. The minimum absolute atomic E-state index is 0.0669. The maximum atomic E-state index is 12.7. The molecule has 3 aromatic rings. The summed E-state index contributed by atoms with van der Waals surface area (Å²) in [5.41, 5.74) is 1.00. The molecule has 1 atom stereocenters. The van der Waals surface area contributed by atoms with Gasteiger partial charge in [0.05, 0.1) is 10.7 Å². The standard InChI is InChI=1S/C16H17BrN4O2/c1-11(6-7-12-5-3-10-23-12)20(2)16(22)14-13(17)15-18-8-4-9-21(15)19-14/h3-5,8-11H,6-7H2,1-2H3. The van der Waals surface area contributed by atoms with E-state index >= 15 is 0 Å². The van der Waals surface area contributed by atoms with Gasteiger partial charge in [-0.05, 0) is 47.5 Å². The molecule has 0 bridgehead atoms. The lowest BCUT2D eigenvalue weighted by Gasteiger charge is -2.24. The molecule has 0 aliphatic rings. The molecule has 0 saturated carbocycles. The highest BCUT2D eigenvalue weighted by atomic mass is 79.9. The van der Waals surface area contributed by atoms with Crippen molar-refractivity contribution >= 4 is 27.5 Å². The lowest BCUT2D eigenvalue weighted by atomic mass is 10.1. The topological polar surface area (TPSA) is 63.6 Å². The van der Waals surface area contributed by atoms with Crippen LogP contribution in [0.25, 0.3) is 5.65 Å². The molecule has 120 valence electrons. The second-order valence-corrected chi connectivity index (χ2v) is 6.23. The zero-order valence-corrected chi connectivity index (χ0v) is 14.5. The number of nitrogens with zero attached hydrogens (tertiary/aromatic N) is 4. The molecular formula is C16H17BrN4O2. The Kier molecular flexibility index (Phi) is 4.47. The molecule has 0 aliphatic carbocycles. The van der Waals surface area contributed by atoms with Gasteiger partial charge in [-0.1, -0.05) is 0 Å². The highest BCUT2D eigenvalue weighted by Gasteiger charge is 2.24. The van der Waals surface area contributed by atoms with E-state index in [2.05, 4.69) is 26.0 Å². The monoisotopic (exact) mass is 376 g/mol. The number of aromatic nitrogens is 3. The van der Waals surface area contributed by atoms with Gasteiger partial charge in [0, 0.05) is 31.9 Å². The summed E-state index contributed by atoms with van der Waals surface area (Å²) in [6, 6.07) is 5.66. The molecule has 23 heavy (non-hydrogen) atoms. The van der Waals surface area contributed by atoms with Crippen LogP contribution in [0, 0.1) is 0 Å². The quantitative estimate of drug-likeness (QED) is 0.685. The Hall–Kier alpha value is -2.15. The first-order valence-electron chi connectivity index (χ1n) is 7.36. The smallest absolute Gasteiger partial charge is 0.275 e. The molecule has 3 heterocycles. The van der Waals surface area contributed by atoms with Gasteiger partial charge >= 0.3 is 0 Å². The van der Waals surface area contributed by atoms with E-state index in [0.717, 1.165) is 18.6 Å². The molecule has 0 fully saturated rings. The van der Waals surface area contributed by atoms with Crippen LogP contribution < -0.4 is 0 Å². The molecule has 3 aromatic heterocycles. The van der Waals surface area contributed by atoms with Crippen LogP contribution in [0.5, 0.6) is 0 Å². The zero-order valence-electron chi connectivity index (χ0n) is 12.9. The third-order valence-corrected chi connectivity index (χ3v) is 4.64. The van der Waals surface area contributed by atoms with E-state index < -0.39 is 0 Å². The number of hydrogen-bond acceptors (Lipinski definition) is 4. The van der Waals surface area contributed by atoms with Crippen LogP contribution >= 0.6 is 15.9 Å². The minimum Gasteiger partial charge on any atom is -0.469 e. The van der Waals surface area contributed by atoms with Gasteiger partial charge in [-0.15, -0.1) is 0 Å². The van der Waals surface area contributed by atoms with Gasteiger partial charge in [-0.25, -0.2) is 9.50 Å². The van der Waals surface area contributed by atoms with E-state index in [1.165, 1.54) is 0 Å². The predicted octanol–water partition coefficient (Wildman–Crippen LogP) is 3.18. The van der Waals surface area contributed by atoms with Crippen LogP contribution in [0.4, 0.5) is 0 Å². The molecule has 1 unspecified atom stereocenters. The number of hydrogen-bond donors (Lipinski definition) is 0. The van der Waals surface area contributed by atoms with E-state index in [4.69, 9.17) is 4.42 Å². The van der Waals surface area contributed by atoms with Crippen molar-refractivity contribution in [3.63, 3.8) is 0 Å². The second-order valence-electron chi connectivity index (χ2n) is 5.43. The molecule has 0 radical (unpaired) electrons. The fourth-order valence-electron chi connectivity index (χ4n) is 2.36. The Labute approximate surface area is 142 Å². The number of carbonyl (C=O) groups excluding carboxylic acids is 1. The van der Waals surface area contributed by atoms with Crippen LogP contribution in [0.3, 0.4) is 0 Å². The van der Waals surface area contributed by atoms with E-state index in [-0.39, 0.29) is 11.9 Å². The summed E-state index contributed by atoms with van der Waals surface area (Å²) in [4.78, 5) is 18.6. The lowest BCUT2D eigenvalue weighted by molar-refractivity contribution is 0.0729. The van der Waals surface area contributed by atoms with Gasteiger partial charge in [0.1, 0.15) is 5.76 Å². The summed E-state index contributed by atoms with van der Waals surface area (Å²) < 4.78 is 7.55. The number of furan rings is 1. The van der Waals surface area contributed by atoms with Crippen LogP contribution in [-0.2, 0) is 6.42 Å². The fraction of sp³-hybridized carbons (Fsp3) is 0.312. The molecule has 3 rings (SSSR count). The van der Waals surface area contributed by atoms with Crippen LogP contribution in [0.1, 0.15) is 29.6 Å². The normalized spacial score (nSPS) is 12.5. The largest absolute Gasteiger partial charge is 0.469 e. The lowest BCUT2D eigenvalue weighted by Crippen LogP contribution is -2.35. The third kappa shape index (κ3) is 3.14. The Morgan fingerprint density at radius 3 is 3.00 bits per heavy atom. The van der Waals surface area contributed by atoms with E-state index in [1.54, 1.807) is 41.2 Å². The number of fused-ring (bicyclic) bond motifs is 1. The van der Waals surface area contributed by atoms with Crippen LogP contribution in [-0.4, -0.2) is 38.5 Å². The minimum atomic E-state index is -0.130. The van der Waals surface area contributed by atoms with Gasteiger partial charge in [0.15, 0.2) is 11.3 Å². The Balaban J connectivity index is 1.74. The molecule has 0 aromatic carbocycles. The molecular weight excluding hydrogens is 360 g/mol. The van der Waals surface area contributed by atoms with E-state index in [9.17, 15) is 4.79 Å². The van der Waals surface area contributed by atoms with Gasteiger partial charge in [0.25, 0.3) is 5.91 Å². The SMILES string of the molecule is CC(CCc1ccco1)N(C)C(=O)c1nn2cccnc2c1Br. The van der Waals surface area contributed by atoms with Crippen molar-refractivity contribution < 1.29 is 9.21 Å². The van der Waals surface area contributed by atoms with Crippen LogP contribution in [0.2, 0.25) is 0 Å². The molecule has 1 amide bonds. The molecule has 0 spiro atoms. The van der Waals surface area contributed by atoms with E-state index in [1.807, 2.05) is 19.1 Å². The highest BCUT2D eigenvalue weighted by Crippen LogP contribution is 2.22. The Morgan fingerprint density at radius 1 is 1.48 bits per heavy atom. The molecule has 0 N–H and O–H groups in total. The predicted molar refractivity (Wildman–Crippen MR) is 89.3 cm³/mol. The van der Waals surface area contributed by atoms with Crippen molar-refractivity contribution in [2.75, 3.05) is 7.05 Å². The molecule has 7 heteroatoms. The summed E-state index contributed by atoms with van der Waals surface area (Å²) >= 11 is 3.43. The van der Waals surface area contributed by atoms with Gasteiger partial charge in [0.2, 0.25) is 0 Å². The summed E-state index contributed by atoms with van der Waals surface area (Å²) in [5.74, 6) is 0.796. The first-order chi connectivity index (χ1) is 11.1. The van der Waals surface area contributed by atoms with E-state index in [0.29, 0.717) is 15.8 Å². The maximum Gasteiger partial charge on any atom is 0.275 e. The van der Waals surface area contributed by atoms with Gasteiger partial charge in [-0.2, -0.15) is 5.10 Å². The summed E-state index contributed by atoms with van der Waals surface area (Å²) in [7, 11) is 1.79. The van der Waals surface area contributed by atoms with Crippen molar-refractivity contribution in [1.29, 1.82) is 0 Å². The average molecular weight is 377 g/mol. The Bertz CT molecular complexity index is 813. The number of halogens is 1. The number of carbonyl (C=O) groups is 1. The van der Waals surface area contributed by atoms with Crippen molar-refractivity contribution in [2.45, 2.75) is 25.8 Å². The highest BCUT2D eigenvalue weighted by molar-refractivity contribution is 9.10. The third-order valence-electron chi connectivity index (χ3n) is 3.91. The molecule has 0 aliphatic heterocycles. The molecule has 0 saturated heterocycles. The van der Waals surface area contributed by atoms with Crippen molar-refractivity contribution in [2.24, 2.45) is 0 Å². The van der Waals surface area contributed by atoms with Crippen LogP contribution in [0.15, 0.2) is 45.7 Å². The maximum absolute atomic E-state index is 12.7. The first kappa shape index (κ1) is 15.7. The summed E-state index contributed by atoms with van der Waals surface area (Å²) in [5, 5.41) is 4.32. The van der Waals surface area contributed by atoms with Gasteiger partial charge in [-0.3, -0.25) is 4.79 Å². The first-order valence-corrected chi connectivity index (χ1v) is 8.15. The second kappa shape index (κ2) is 6.54. The number of rotatable bonds is 5. The van der Waals surface area contributed by atoms with Crippen molar-refractivity contribution in [3.8, 4) is 0 Å². The average Bonchev–Trinajstić information content (AvgIpc) is 3.20. The Morgan fingerprint density at radius 2 is 2.30 bits per heavy atom. The fourth-order valence-corrected chi connectivity index (χ4v) is 2.90.